The second-order valence-corrected chi connectivity index (χ2v) is 7.90. The maximum absolute atomic E-state index is 12.2. The molecule has 3 rings (SSSR count). The van der Waals surface area contributed by atoms with Gasteiger partial charge in [0.05, 0.1) is 17.8 Å². The highest BCUT2D eigenvalue weighted by molar-refractivity contribution is 5.95. The Bertz CT molecular complexity index is 901. The monoisotopic (exact) mass is 427 g/mol. The largest absolute Gasteiger partial charge is 0.452 e. The van der Waals surface area contributed by atoms with E-state index in [0.29, 0.717) is 24.0 Å². The van der Waals surface area contributed by atoms with Gasteiger partial charge in [0, 0.05) is 18.7 Å². The summed E-state index contributed by atoms with van der Waals surface area (Å²) in [4.78, 5) is 36.1. The van der Waals surface area contributed by atoms with Crippen LogP contribution >= 0.6 is 0 Å². The number of hydrogen-bond donors (Lipinski definition) is 3. The lowest BCUT2D eigenvalue weighted by Crippen LogP contribution is -2.39. The zero-order valence-electron chi connectivity index (χ0n) is 17.9. The molecule has 3 N–H and O–H groups in total. The van der Waals surface area contributed by atoms with Crippen molar-refractivity contribution in [3.63, 3.8) is 0 Å². The molecular formula is C22H29N5O4. The van der Waals surface area contributed by atoms with E-state index in [9.17, 15) is 14.4 Å². The Hall–Kier alpha value is -3.36. The van der Waals surface area contributed by atoms with Gasteiger partial charge in [0.15, 0.2) is 6.61 Å². The second kappa shape index (κ2) is 10.6. The van der Waals surface area contributed by atoms with Crippen LogP contribution in [0.3, 0.4) is 0 Å². The number of nitrogens with zero attached hydrogens (tertiary/aromatic N) is 2. The summed E-state index contributed by atoms with van der Waals surface area (Å²) in [6.45, 7) is 3.72. The maximum Gasteiger partial charge on any atom is 0.338 e. The van der Waals surface area contributed by atoms with Crippen molar-refractivity contribution in [2.45, 2.75) is 58.2 Å². The number of urea groups is 1. The van der Waals surface area contributed by atoms with Crippen LogP contribution in [0, 0.1) is 0 Å². The molecule has 0 bridgehead atoms. The minimum absolute atomic E-state index is 0.0533. The van der Waals surface area contributed by atoms with E-state index in [1.54, 1.807) is 36.5 Å². The van der Waals surface area contributed by atoms with Gasteiger partial charge < -0.3 is 20.7 Å². The van der Waals surface area contributed by atoms with Crippen molar-refractivity contribution < 1.29 is 19.1 Å². The molecule has 0 unspecified atom stereocenters. The molecule has 1 saturated carbocycles. The maximum atomic E-state index is 12.2. The van der Waals surface area contributed by atoms with Crippen LogP contribution in [0.4, 0.5) is 10.6 Å². The molecule has 1 aliphatic rings. The first kappa shape index (κ1) is 22.3. The molecular weight excluding hydrogens is 398 g/mol. The fourth-order valence-corrected chi connectivity index (χ4v) is 3.50. The van der Waals surface area contributed by atoms with E-state index in [2.05, 4.69) is 21.0 Å². The van der Waals surface area contributed by atoms with Gasteiger partial charge >= 0.3 is 12.0 Å². The van der Waals surface area contributed by atoms with E-state index < -0.39 is 11.9 Å². The standard InChI is InChI=1S/C22H29N5O4/c1-15(2)25-22(30)23-13-16-7-9-17(10-8-16)21(29)31-14-20(28)26-19-11-12-24-27(19)18-5-3-4-6-18/h7-12,15,18H,3-6,13-14H2,1-2H3,(H,26,28)(H2,23,25,30). The number of benzene rings is 1. The molecule has 3 amide bonds. The lowest BCUT2D eigenvalue weighted by atomic mass is 10.1. The molecule has 1 heterocycles. The van der Waals surface area contributed by atoms with E-state index in [1.807, 2.05) is 18.5 Å². The third-order valence-corrected chi connectivity index (χ3v) is 5.01. The average Bonchev–Trinajstić information content (AvgIpc) is 3.42. The molecule has 2 aromatic rings. The molecule has 0 aliphatic heterocycles. The zero-order chi connectivity index (χ0) is 22.2. The summed E-state index contributed by atoms with van der Waals surface area (Å²) in [6, 6.07) is 8.51. The fraction of sp³-hybridized carbons (Fsp3) is 0.455. The van der Waals surface area contributed by atoms with Crippen LogP contribution in [0.25, 0.3) is 0 Å². The molecule has 1 aromatic carbocycles. The SMILES string of the molecule is CC(C)NC(=O)NCc1ccc(C(=O)OCC(=O)Nc2ccnn2C2CCCC2)cc1. The Morgan fingerprint density at radius 1 is 1.13 bits per heavy atom. The summed E-state index contributed by atoms with van der Waals surface area (Å²) in [7, 11) is 0. The molecule has 1 aromatic heterocycles. The van der Waals surface area contributed by atoms with E-state index in [-0.39, 0.29) is 18.7 Å². The summed E-state index contributed by atoms with van der Waals surface area (Å²) < 4.78 is 6.96. The minimum atomic E-state index is -0.587. The number of hydrogen-bond acceptors (Lipinski definition) is 5. The number of carbonyl (C=O) groups is 3. The van der Waals surface area contributed by atoms with Crippen molar-refractivity contribution in [3.8, 4) is 0 Å². The third kappa shape index (κ3) is 6.56. The Morgan fingerprint density at radius 3 is 2.52 bits per heavy atom. The first-order valence-corrected chi connectivity index (χ1v) is 10.6. The number of rotatable bonds is 8. The van der Waals surface area contributed by atoms with Gasteiger partial charge in [-0.3, -0.25) is 4.79 Å². The molecule has 9 nitrogen and oxygen atoms in total. The van der Waals surface area contributed by atoms with Crippen LogP contribution in [-0.4, -0.2) is 40.3 Å². The molecule has 31 heavy (non-hydrogen) atoms. The van der Waals surface area contributed by atoms with Gasteiger partial charge in [0.2, 0.25) is 0 Å². The summed E-state index contributed by atoms with van der Waals surface area (Å²) in [5.41, 5.74) is 1.17. The molecule has 1 aliphatic carbocycles. The average molecular weight is 428 g/mol. The summed E-state index contributed by atoms with van der Waals surface area (Å²) in [5.74, 6) is -0.382. The lowest BCUT2D eigenvalue weighted by molar-refractivity contribution is -0.119. The highest BCUT2D eigenvalue weighted by atomic mass is 16.5. The number of ether oxygens (including phenoxy) is 1. The highest BCUT2D eigenvalue weighted by Gasteiger charge is 2.21. The van der Waals surface area contributed by atoms with Gasteiger partial charge in [-0.25, -0.2) is 14.3 Å². The molecule has 0 radical (unpaired) electrons. The number of aromatic nitrogens is 2. The Labute approximate surface area is 181 Å². The normalized spacial score (nSPS) is 13.8. The van der Waals surface area contributed by atoms with Gasteiger partial charge in [-0.15, -0.1) is 0 Å². The Morgan fingerprint density at radius 2 is 1.84 bits per heavy atom. The molecule has 1 fully saturated rings. The van der Waals surface area contributed by atoms with E-state index in [1.165, 1.54) is 0 Å². The minimum Gasteiger partial charge on any atom is -0.452 e. The van der Waals surface area contributed by atoms with Crippen molar-refractivity contribution in [1.29, 1.82) is 0 Å². The van der Waals surface area contributed by atoms with Crippen molar-refractivity contribution in [2.24, 2.45) is 0 Å². The van der Waals surface area contributed by atoms with Gasteiger partial charge in [-0.1, -0.05) is 25.0 Å². The number of amides is 3. The van der Waals surface area contributed by atoms with Gasteiger partial charge in [-0.2, -0.15) is 5.10 Å². The smallest absolute Gasteiger partial charge is 0.338 e. The van der Waals surface area contributed by atoms with Crippen LogP contribution in [0.5, 0.6) is 0 Å². The number of nitrogens with one attached hydrogen (secondary N) is 3. The van der Waals surface area contributed by atoms with Crippen molar-refractivity contribution >= 4 is 23.7 Å². The van der Waals surface area contributed by atoms with Crippen LogP contribution in [0.1, 0.15) is 61.5 Å². The van der Waals surface area contributed by atoms with Gasteiger partial charge in [0.1, 0.15) is 5.82 Å². The predicted octanol–water partition coefficient (Wildman–Crippen LogP) is 3.00. The van der Waals surface area contributed by atoms with E-state index >= 15 is 0 Å². The zero-order valence-corrected chi connectivity index (χ0v) is 17.9. The van der Waals surface area contributed by atoms with Gasteiger partial charge in [0.25, 0.3) is 5.91 Å². The Kier molecular flexibility index (Phi) is 7.64. The number of anilines is 1. The van der Waals surface area contributed by atoms with E-state index in [4.69, 9.17) is 4.74 Å². The Balaban J connectivity index is 1.44. The lowest BCUT2D eigenvalue weighted by Gasteiger charge is -2.14. The van der Waals surface area contributed by atoms with Gasteiger partial charge in [-0.05, 0) is 44.4 Å². The predicted molar refractivity (Wildman–Crippen MR) is 116 cm³/mol. The van der Waals surface area contributed by atoms with Crippen LogP contribution < -0.4 is 16.0 Å². The van der Waals surface area contributed by atoms with Crippen LogP contribution in [0.15, 0.2) is 36.5 Å². The summed E-state index contributed by atoms with van der Waals surface area (Å²) in [5, 5.41) is 12.5. The van der Waals surface area contributed by atoms with E-state index in [0.717, 1.165) is 31.2 Å². The quantitative estimate of drug-likeness (QED) is 0.561. The molecule has 166 valence electrons. The number of carbonyl (C=O) groups excluding carboxylic acids is 3. The van der Waals surface area contributed by atoms with Crippen molar-refractivity contribution in [2.75, 3.05) is 11.9 Å². The molecule has 0 saturated heterocycles. The molecule has 0 atom stereocenters. The van der Waals surface area contributed by atoms with Crippen LogP contribution in [-0.2, 0) is 16.1 Å². The van der Waals surface area contributed by atoms with Crippen LogP contribution in [0.2, 0.25) is 0 Å². The van der Waals surface area contributed by atoms with Crippen molar-refractivity contribution in [3.05, 3.63) is 47.7 Å². The number of esters is 1. The second-order valence-electron chi connectivity index (χ2n) is 7.90. The summed E-state index contributed by atoms with van der Waals surface area (Å²) >= 11 is 0. The molecule has 9 heteroatoms. The summed E-state index contributed by atoms with van der Waals surface area (Å²) in [6.07, 6.45) is 6.08. The first-order valence-electron chi connectivity index (χ1n) is 10.6. The molecule has 0 spiro atoms. The topological polar surface area (TPSA) is 114 Å². The fourth-order valence-electron chi connectivity index (χ4n) is 3.50. The van der Waals surface area contributed by atoms with Crippen molar-refractivity contribution in [1.82, 2.24) is 20.4 Å². The third-order valence-electron chi connectivity index (χ3n) is 5.01. The highest BCUT2D eigenvalue weighted by Crippen LogP contribution is 2.31. The first-order chi connectivity index (χ1) is 14.9.